The summed E-state index contributed by atoms with van der Waals surface area (Å²) in [6.07, 6.45) is 2.63. The molecule has 6 heteroatoms. The molecule has 2 aromatic rings. The highest BCUT2D eigenvalue weighted by atomic mass is 32.1. The van der Waals surface area contributed by atoms with Crippen LogP contribution in [-0.4, -0.2) is 34.1 Å². The third-order valence-electron chi connectivity index (χ3n) is 3.95. The number of hydrogen-bond donors (Lipinski definition) is 1. The molecular weight excluding hydrogens is 286 g/mol. The van der Waals surface area contributed by atoms with Crippen LogP contribution >= 0.6 is 11.3 Å². The zero-order valence-corrected chi connectivity index (χ0v) is 13.1. The summed E-state index contributed by atoms with van der Waals surface area (Å²) in [5, 5.41) is 10.3. The minimum atomic E-state index is -0.707. The molecule has 3 rings (SSSR count). The van der Waals surface area contributed by atoms with Crippen molar-refractivity contribution in [2.75, 3.05) is 18.0 Å². The van der Waals surface area contributed by atoms with E-state index >= 15 is 0 Å². The quantitative estimate of drug-likeness (QED) is 0.944. The molecule has 1 N–H and O–H groups in total. The number of carbonyl (C=O) groups is 1. The predicted octanol–water partition coefficient (Wildman–Crippen LogP) is 2.86. The highest BCUT2D eigenvalue weighted by Gasteiger charge is 2.27. The molecule has 0 aliphatic carbocycles. The molecule has 1 aliphatic heterocycles. The fourth-order valence-electron chi connectivity index (χ4n) is 2.85. The average Bonchev–Trinajstić information content (AvgIpc) is 2.89. The Morgan fingerprint density at radius 2 is 2.33 bits per heavy atom. The smallest absolute Gasteiger partial charge is 0.308 e. The third kappa shape index (κ3) is 2.72. The molecule has 21 heavy (non-hydrogen) atoms. The second-order valence-electron chi connectivity index (χ2n) is 5.50. The lowest BCUT2D eigenvalue weighted by Gasteiger charge is -2.32. The summed E-state index contributed by atoms with van der Waals surface area (Å²) in [6.45, 7) is 5.43. The van der Waals surface area contributed by atoms with Gasteiger partial charge >= 0.3 is 5.97 Å². The maximum atomic E-state index is 11.3. The third-order valence-corrected chi connectivity index (χ3v) is 5.13. The molecule has 0 amide bonds. The van der Waals surface area contributed by atoms with Gasteiger partial charge in [0.2, 0.25) is 0 Å². The minimum Gasteiger partial charge on any atom is -0.481 e. The maximum absolute atomic E-state index is 11.3. The minimum absolute atomic E-state index is 0.298. The van der Waals surface area contributed by atoms with Crippen molar-refractivity contribution in [2.45, 2.75) is 33.1 Å². The van der Waals surface area contributed by atoms with E-state index in [9.17, 15) is 9.90 Å². The van der Waals surface area contributed by atoms with Gasteiger partial charge < -0.3 is 10.0 Å². The second-order valence-corrected chi connectivity index (χ2v) is 6.62. The number of nitrogens with zero attached hydrogens (tertiary/aromatic N) is 3. The molecule has 0 radical (unpaired) electrons. The van der Waals surface area contributed by atoms with Crippen molar-refractivity contribution >= 4 is 33.3 Å². The maximum Gasteiger partial charge on any atom is 0.308 e. The number of hydrogen-bond acceptors (Lipinski definition) is 5. The molecule has 3 heterocycles. The van der Waals surface area contributed by atoms with Gasteiger partial charge in [0.25, 0.3) is 0 Å². The summed E-state index contributed by atoms with van der Waals surface area (Å²) in [5.41, 5.74) is 0. The van der Waals surface area contributed by atoms with Gasteiger partial charge in [0.15, 0.2) is 0 Å². The molecule has 2 aromatic heterocycles. The van der Waals surface area contributed by atoms with E-state index in [1.165, 1.54) is 4.88 Å². The largest absolute Gasteiger partial charge is 0.481 e. The number of carboxylic acid groups (broad SMARTS) is 1. The number of rotatable bonds is 3. The number of aliphatic carboxylic acids is 1. The Balaban J connectivity index is 2.02. The van der Waals surface area contributed by atoms with E-state index in [0.717, 1.165) is 47.7 Å². The number of piperidine rings is 1. The van der Waals surface area contributed by atoms with Crippen molar-refractivity contribution in [3.05, 3.63) is 16.8 Å². The number of thiophene rings is 1. The monoisotopic (exact) mass is 305 g/mol. The summed E-state index contributed by atoms with van der Waals surface area (Å²) in [4.78, 5) is 24.8. The molecule has 0 aromatic carbocycles. The molecule has 1 aliphatic rings. The van der Waals surface area contributed by atoms with Crippen molar-refractivity contribution in [3.63, 3.8) is 0 Å². The van der Waals surface area contributed by atoms with Crippen molar-refractivity contribution in [1.82, 2.24) is 9.97 Å². The average molecular weight is 305 g/mol. The van der Waals surface area contributed by atoms with Crippen LogP contribution in [0.15, 0.2) is 6.07 Å². The van der Waals surface area contributed by atoms with Crippen LogP contribution in [0.25, 0.3) is 10.2 Å². The highest BCUT2D eigenvalue weighted by Crippen LogP contribution is 2.33. The van der Waals surface area contributed by atoms with Gasteiger partial charge in [0.1, 0.15) is 16.5 Å². The summed E-state index contributed by atoms with van der Waals surface area (Å²) in [7, 11) is 0. The molecule has 1 atom stereocenters. The molecule has 1 fully saturated rings. The van der Waals surface area contributed by atoms with Crippen LogP contribution in [0.5, 0.6) is 0 Å². The Bertz CT molecular complexity index is 683. The van der Waals surface area contributed by atoms with Gasteiger partial charge in [0.05, 0.1) is 11.3 Å². The van der Waals surface area contributed by atoms with Crippen LogP contribution in [0.1, 0.15) is 30.5 Å². The molecule has 1 saturated heterocycles. The van der Waals surface area contributed by atoms with E-state index < -0.39 is 5.97 Å². The summed E-state index contributed by atoms with van der Waals surface area (Å²) in [5.74, 6) is 0.647. The lowest BCUT2D eigenvalue weighted by molar-refractivity contribution is -0.141. The molecule has 5 nitrogen and oxygen atoms in total. The Morgan fingerprint density at radius 1 is 1.52 bits per heavy atom. The highest BCUT2D eigenvalue weighted by molar-refractivity contribution is 7.18. The predicted molar refractivity (Wildman–Crippen MR) is 84.1 cm³/mol. The zero-order chi connectivity index (χ0) is 15.0. The number of carboxylic acids is 1. The van der Waals surface area contributed by atoms with E-state index in [2.05, 4.69) is 27.9 Å². The van der Waals surface area contributed by atoms with Crippen molar-refractivity contribution < 1.29 is 9.90 Å². The van der Waals surface area contributed by atoms with E-state index in [1.54, 1.807) is 11.3 Å². The molecule has 112 valence electrons. The first-order chi connectivity index (χ1) is 10.1. The first-order valence-corrected chi connectivity index (χ1v) is 8.15. The summed E-state index contributed by atoms with van der Waals surface area (Å²) < 4.78 is 0. The number of aryl methyl sites for hydroxylation is 2. The first-order valence-electron chi connectivity index (χ1n) is 7.33. The van der Waals surface area contributed by atoms with Gasteiger partial charge in [-0.2, -0.15) is 0 Å². The summed E-state index contributed by atoms with van der Waals surface area (Å²) in [6, 6.07) is 2.15. The van der Waals surface area contributed by atoms with Gasteiger partial charge in [-0.1, -0.05) is 6.92 Å². The van der Waals surface area contributed by atoms with Crippen LogP contribution in [0.2, 0.25) is 0 Å². The van der Waals surface area contributed by atoms with Crippen LogP contribution in [0.3, 0.4) is 0 Å². The van der Waals surface area contributed by atoms with Gasteiger partial charge in [-0.3, -0.25) is 4.79 Å². The lowest BCUT2D eigenvalue weighted by Crippen LogP contribution is -2.39. The fourth-order valence-corrected chi connectivity index (χ4v) is 3.85. The van der Waals surface area contributed by atoms with E-state index in [1.807, 2.05) is 6.92 Å². The number of aromatic nitrogens is 2. The SMILES string of the molecule is CCc1cc2c(N3CCCC(C(=O)O)C3)nc(C)nc2s1. The summed E-state index contributed by atoms with van der Waals surface area (Å²) >= 11 is 1.70. The Kier molecular flexibility index (Phi) is 3.80. The number of anilines is 1. The van der Waals surface area contributed by atoms with Crippen molar-refractivity contribution in [3.8, 4) is 0 Å². The van der Waals surface area contributed by atoms with Gasteiger partial charge in [-0.15, -0.1) is 11.3 Å². The Labute approximate surface area is 127 Å². The van der Waals surface area contributed by atoms with Crippen molar-refractivity contribution in [2.24, 2.45) is 5.92 Å². The molecule has 1 unspecified atom stereocenters. The fraction of sp³-hybridized carbons (Fsp3) is 0.533. The second kappa shape index (κ2) is 5.60. The van der Waals surface area contributed by atoms with Crippen LogP contribution < -0.4 is 4.90 Å². The molecule has 0 bridgehead atoms. The lowest BCUT2D eigenvalue weighted by atomic mass is 9.98. The van der Waals surface area contributed by atoms with E-state index in [4.69, 9.17) is 0 Å². The molecule has 0 spiro atoms. The van der Waals surface area contributed by atoms with Gasteiger partial charge in [-0.05, 0) is 32.3 Å². The van der Waals surface area contributed by atoms with Gasteiger partial charge in [-0.25, -0.2) is 9.97 Å². The zero-order valence-electron chi connectivity index (χ0n) is 12.3. The van der Waals surface area contributed by atoms with Gasteiger partial charge in [0, 0.05) is 18.0 Å². The molecule has 0 saturated carbocycles. The van der Waals surface area contributed by atoms with Crippen LogP contribution in [0, 0.1) is 12.8 Å². The van der Waals surface area contributed by atoms with Crippen LogP contribution in [-0.2, 0) is 11.2 Å². The normalized spacial score (nSPS) is 19.1. The van der Waals surface area contributed by atoms with Crippen LogP contribution in [0.4, 0.5) is 5.82 Å². The standard InChI is InChI=1S/C15H19N3O2S/c1-3-11-7-12-13(16-9(2)17-14(12)21-11)18-6-4-5-10(8-18)15(19)20/h7,10H,3-6,8H2,1-2H3,(H,19,20). The van der Waals surface area contributed by atoms with E-state index in [0.29, 0.717) is 6.54 Å². The Hall–Kier alpha value is -1.69. The topological polar surface area (TPSA) is 66.3 Å². The van der Waals surface area contributed by atoms with E-state index in [-0.39, 0.29) is 5.92 Å². The molecular formula is C15H19N3O2S. The first kappa shape index (κ1) is 14.3. The number of fused-ring (bicyclic) bond motifs is 1. The van der Waals surface area contributed by atoms with Crippen molar-refractivity contribution in [1.29, 1.82) is 0 Å². The Morgan fingerprint density at radius 3 is 3.05 bits per heavy atom.